The van der Waals surface area contributed by atoms with Gasteiger partial charge in [-0.2, -0.15) is 0 Å². The Morgan fingerprint density at radius 1 is 0.923 bits per heavy atom. The van der Waals surface area contributed by atoms with E-state index in [9.17, 15) is 4.79 Å². The molecule has 0 atom stereocenters. The summed E-state index contributed by atoms with van der Waals surface area (Å²) in [6.07, 6.45) is 1.98. The van der Waals surface area contributed by atoms with Gasteiger partial charge in [0.15, 0.2) is 0 Å². The van der Waals surface area contributed by atoms with Crippen molar-refractivity contribution in [1.82, 2.24) is 0 Å². The lowest BCUT2D eigenvalue weighted by Gasteiger charge is -2.10. The molecule has 3 aromatic rings. The Balaban J connectivity index is 1.73. The van der Waals surface area contributed by atoms with E-state index in [1.807, 2.05) is 48.5 Å². The monoisotopic (exact) mass is 346 g/mol. The lowest BCUT2D eigenvalue weighted by molar-refractivity contribution is -0.139. The molecule has 0 aliphatic rings. The molecule has 0 heterocycles. The van der Waals surface area contributed by atoms with Gasteiger partial charge >= 0.3 is 5.97 Å². The molecule has 0 fully saturated rings. The van der Waals surface area contributed by atoms with Gasteiger partial charge in [0.1, 0.15) is 6.61 Å². The number of rotatable bonds is 7. The quantitative estimate of drug-likeness (QED) is 0.446. The summed E-state index contributed by atoms with van der Waals surface area (Å²) in [7, 11) is 0. The summed E-state index contributed by atoms with van der Waals surface area (Å²) in [4.78, 5) is 11.2. The average molecular weight is 346 g/mol. The third-order valence-electron chi connectivity index (χ3n) is 4.11. The fourth-order valence-corrected chi connectivity index (χ4v) is 2.74. The molecule has 0 aliphatic heterocycles. The second-order valence-corrected chi connectivity index (χ2v) is 6.07. The van der Waals surface area contributed by atoms with E-state index in [1.54, 1.807) is 0 Å². The van der Waals surface area contributed by atoms with E-state index in [0.29, 0.717) is 13.2 Å². The third-order valence-corrected chi connectivity index (χ3v) is 4.11. The van der Waals surface area contributed by atoms with Crippen LogP contribution in [0.3, 0.4) is 0 Å². The third kappa shape index (κ3) is 5.04. The molecule has 0 aliphatic carbocycles. The van der Waals surface area contributed by atoms with Crippen LogP contribution in [0.2, 0.25) is 0 Å². The maximum Gasteiger partial charge on any atom is 0.302 e. The Morgan fingerprint density at radius 3 is 2.42 bits per heavy atom. The van der Waals surface area contributed by atoms with E-state index in [0.717, 1.165) is 22.1 Å². The minimum atomic E-state index is -0.290. The van der Waals surface area contributed by atoms with E-state index < -0.39 is 0 Å². The SMILES string of the molecule is CC(=O)OC/C(=C\COCc1ccccc1)c1ccc2ccccc2c1. The van der Waals surface area contributed by atoms with Crippen LogP contribution in [0.5, 0.6) is 0 Å². The molecule has 0 N–H and O–H groups in total. The van der Waals surface area contributed by atoms with Crippen molar-refractivity contribution in [3.05, 3.63) is 90.0 Å². The second kappa shape index (κ2) is 8.97. The Kier molecular flexibility index (Phi) is 6.18. The van der Waals surface area contributed by atoms with Crippen LogP contribution in [-0.4, -0.2) is 19.2 Å². The van der Waals surface area contributed by atoms with Gasteiger partial charge in [0.05, 0.1) is 13.2 Å². The average Bonchev–Trinajstić information content (AvgIpc) is 2.67. The van der Waals surface area contributed by atoms with Crippen LogP contribution in [-0.2, 0) is 20.9 Å². The van der Waals surface area contributed by atoms with Gasteiger partial charge in [-0.3, -0.25) is 4.79 Å². The van der Waals surface area contributed by atoms with Crippen molar-refractivity contribution in [2.75, 3.05) is 13.2 Å². The molecule has 0 aromatic heterocycles. The van der Waals surface area contributed by atoms with E-state index in [4.69, 9.17) is 9.47 Å². The van der Waals surface area contributed by atoms with E-state index in [2.05, 4.69) is 30.3 Å². The summed E-state index contributed by atoms with van der Waals surface area (Å²) in [5, 5.41) is 2.34. The Bertz CT molecular complexity index is 897. The van der Waals surface area contributed by atoms with Crippen LogP contribution in [0.1, 0.15) is 18.1 Å². The van der Waals surface area contributed by atoms with Crippen molar-refractivity contribution in [2.45, 2.75) is 13.5 Å². The van der Waals surface area contributed by atoms with Gasteiger partial charge in [-0.25, -0.2) is 0 Å². The van der Waals surface area contributed by atoms with Crippen molar-refractivity contribution in [3.63, 3.8) is 0 Å². The zero-order chi connectivity index (χ0) is 18.2. The molecule has 132 valence electrons. The molecule has 3 aromatic carbocycles. The first kappa shape index (κ1) is 17.9. The fourth-order valence-electron chi connectivity index (χ4n) is 2.74. The summed E-state index contributed by atoms with van der Waals surface area (Å²) >= 11 is 0. The molecule has 0 amide bonds. The summed E-state index contributed by atoms with van der Waals surface area (Å²) in [5.74, 6) is -0.290. The fraction of sp³-hybridized carbons (Fsp3) is 0.174. The Labute approximate surface area is 153 Å². The van der Waals surface area contributed by atoms with Crippen LogP contribution < -0.4 is 0 Å². The predicted molar refractivity (Wildman–Crippen MR) is 105 cm³/mol. The molecule has 3 nitrogen and oxygen atoms in total. The number of hydrogen-bond acceptors (Lipinski definition) is 3. The number of carbonyl (C=O) groups is 1. The minimum Gasteiger partial charge on any atom is -0.461 e. The number of hydrogen-bond donors (Lipinski definition) is 0. The summed E-state index contributed by atoms with van der Waals surface area (Å²) < 4.78 is 11.0. The van der Waals surface area contributed by atoms with Gasteiger partial charge in [0.25, 0.3) is 0 Å². The smallest absolute Gasteiger partial charge is 0.302 e. The molecule has 0 radical (unpaired) electrons. The van der Waals surface area contributed by atoms with Crippen LogP contribution >= 0.6 is 0 Å². The first-order valence-electron chi connectivity index (χ1n) is 8.65. The van der Waals surface area contributed by atoms with Gasteiger partial charge in [-0.1, -0.05) is 72.8 Å². The number of carbonyl (C=O) groups excluding carboxylic acids is 1. The predicted octanol–water partition coefficient (Wildman–Crippen LogP) is 5.00. The normalized spacial score (nSPS) is 11.5. The molecule has 0 saturated carbocycles. The maximum atomic E-state index is 11.2. The van der Waals surface area contributed by atoms with Crippen LogP contribution in [0, 0.1) is 0 Å². The summed E-state index contributed by atoms with van der Waals surface area (Å²) in [5.41, 5.74) is 3.11. The Morgan fingerprint density at radius 2 is 1.65 bits per heavy atom. The first-order valence-corrected chi connectivity index (χ1v) is 8.65. The largest absolute Gasteiger partial charge is 0.461 e. The lowest BCUT2D eigenvalue weighted by atomic mass is 10.0. The number of ether oxygens (including phenoxy) is 2. The molecule has 3 heteroatoms. The van der Waals surface area contributed by atoms with Crippen molar-refractivity contribution < 1.29 is 14.3 Å². The van der Waals surface area contributed by atoms with Crippen molar-refractivity contribution in [2.24, 2.45) is 0 Å². The number of benzene rings is 3. The highest BCUT2D eigenvalue weighted by molar-refractivity contribution is 5.86. The van der Waals surface area contributed by atoms with E-state index in [1.165, 1.54) is 12.3 Å². The van der Waals surface area contributed by atoms with Gasteiger partial charge in [-0.15, -0.1) is 0 Å². The Hall–Kier alpha value is -2.91. The first-order chi connectivity index (χ1) is 12.7. The van der Waals surface area contributed by atoms with Crippen molar-refractivity contribution in [3.8, 4) is 0 Å². The van der Waals surface area contributed by atoms with E-state index in [-0.39, 0.29) is 12.6 Å². The van der Waals surface area contributed by atoms with Crippen LogP contribution in [0.15, 0.2) is 78.9 Å². The lowest BCUT2D eigenvalue weighted by Crippen LogP contribution is -2.04. The van der Waals surface area contributed by atoms with Gasteiger partial charge in [0.2, 0.25) is 0 Å². The standard InChI is InChI=1S/C23H22O3/c1-18(24)26-17-23(13-14-25-16-19-7-3-2-4-8-19)22-12-11-20-9-5-6-10-21(20)15-22/h2-13,15H,14,16-17H2,1H3/b23-13+. The van der Waals surface area contributed by atoms with Crippen LogP contribution in [0.4, 0.5) is 0 Å². The van der Waals surface area contributed by atoms with Crippen molar-refractivity contribution >= 4 is 22.3 Å². The molecule has 0 spiro atoms. The number of fused-ring (bicyclic) bond motifs is 1. The zero-order valence-electron chi connectivity index (χ0n) is 14.9. The molecule has 0 bridgehead atoms. The molecule has 0 unspecified atom stereocenters. The summed E-state index contributed by atoms with van der Waals surface area (Å²) in [6.45, 7) is 2.67. The molecule has 3 rings (SSSR count). The molecular formula is C23H22O3. The second-order valence-electron chi connectivity index (χ2n) is 6.07. The van der Waals surface area contributed by atoms with Gasteiger partial charge in [0, 0.05) is 6.92 Å². The maximum absolute atomic E-state index is 11.2. The van der Waals surface area contributed by atoms with Gasteiger partial charge < -0.3 is 9.47 Å². The summed E-state index contributed by atoms with van der Waals surface area (Å²) in [6, 6.07) is 24.5. The molecular weight excluding hydrogens is 324 g/mol. The number of esters is 1. The van der Waals surface area contributed by atoms with E-state index >= 15 is 0 Å². The topological polar surface area (TPSA) is 35.5 Å². The molecule has 26 heavy (non-hydrogen) atoms. The minimum absolute atomic E-state index is 0.238. The van der Waals surface area contributed by atoms with Crippen LogP contribution in [0.25, 0.3) is 16.3 Å². The highest BCUT2D eigenvalue weighted by Gasteiger charge is 2.05. The molecule has 0 saturated heterocycles. The highest BCUT2D eigenvalue weighted by atomic mass is 16.5. The highest BCUT2D eigenvalue weighted by Crippen LogP contribution is 2.22. The van der Waals surface area contributed by atoms with Gasteiger partial charge in [-0.05, 0) is 33.5 Å². The zero-order valence-corrected chi connectivity index (χ0v) is 14.9. The van der Waals surface area contributed by atoms with Crippen molar-refractivity contribution in [1.29, 1.82) is 0 Å².